The molecule has 0 bridgehead atoms. The Hall–Kier alpha value is -2.30. The van der Waals surface area contributed by atoms with Crippen molar-refractivity contribution in [3.05, 3.63) is 54.7 Å². The second kappa shape index (κ2) is 8.68. The summed E-state index contributed by atoms with van der Waals surface area (Å²) in [5, 5.41) is 0.794. The third-order valence-electron chi connectivity index (χ3n) is 5.86. The van der Waals surface area contributed by atoms with Crippen molar-refractivity contribution in [2.24, 2.45) is 0 Å². The van der Waals surface area contributed by atoms with Crippen LogP contribution in [0.1, 0.15) is 31.5 Å². The highest BCUT2D eigenvalue weighted by Gasteiger charge is 2.32. The van der Waals surface area contributed by atoms with Crippen molar-refractivity contribution in [1.29, 1.82) is 0 Å². The number of aromatic nitrogens is 3. The topological polar surface area (TPSA) is 102 Å². The first-order valence-corrected chi connectivity index (χ1v) is 13.6. The molecule has 10 heteroatoms. The first-order chi connectivity index (χ1) is 14.8. The van der Waals surface area contributed by atoms with Gasteiger partial charge < -0.3 is 4.57 Å². The highest BCUT2D eigenvalue weighted by Crippen LogP contribution is 2.31. The summed E-state index contributed by atoms with van der Waals surface area (Å²) < 4.78 is 53.7. The van der Waals surface area contributed by atoms with Crippen LogP contribution in [0.2, 0.25) is 0 Å². The monoisotopic (exact) mass is 462 g/mol. The molecule has 0 atom stereocenters. The number of sulfonamides is 1. The van der Waals surface area contributed by atoms with Gasteiger partial charge in [-0.2, -0.15) is 4.31 Å². The highest BCUT2D eigenvalue weighted by atomic mass is 32.2. The van der Waals surface area contributed by atoms with Crippen LogP contribution in [0, 0.1) is 0 Å². The minimum absolute atomic E-state index is 0.0775. The van der Waals surface area contributed by atoms with Crippen molar-refractivity contribution < 1.29 is 16.8 Å². The number of hydrogen-bond acceptors (Lipinski definition) is 6. The largest absolute Gasteiger partial charge is 0.334 e. The number of aryl methyl sites for hydroxylation is 1. The van der Waals surface area contributed by atoms with Gasteiger partial charge in [0.05, 0.1) is 11.3 Å². The van der Waals surface area contributed by atoms with E-state index in [2.05, 4.69) is 9.97 Å². The van der Waals surface area contributed by atoms with Crippen molar-refractivity contribution in [2.75, 3.05) is 24.6 Å². The van der Waals surface area contributed by atoms with Crippen molar-refractivity contribution in [3.63, 3.8) is 0 Å². The fourth-order valence-electron chi connectivity index (χ4n) is 4.03. The zero-order chi connectivity index (χ0) is 22.1. The number of benzene rings is 1. The molecule has 1 aromatic carbocycles. The summed E-state index contributed by atoms with van der Waals surface area (Å²) in [5.41, 5.74) is 0.486. The van der Waals surface area contributed by atoms with Crippen molar-refractivity contribution in [1.82, 2.24) is 18.8 Å². The fraction of sp³-hybridized carbons (Fsp3) is 0.429. The number of piperidine rings is 1. The number of pyridine rings is 1. The Bertz CT molecular complexity index is 1270. The number of nitrogens with zero attached hydrogens (tertiary/aromatic N) is 4. The van der Waals surface area contributed by atoms with E-state index in [1.807, 2.05) is 16.7 Å². The molecular formula is C21H26N4O4S2. The van der Waals surface area contributed by atoms with Crippen LogP contribution in [0.15, 0.2) is 53.8 Å². The molecule has 1 aliphatic heterocycles. The van der Waals surface area contributed by atoms with Gasteiger partial charge >= 0.3 is 0 Å². The molecule has 3 heterocycles. The molecule has 0 aliphatic carbocycles. The Balaban J connectivity index is 1.49. The summed E-state index contributed by atoms with van der Waals surface area (Å²) in [7, 11) is -6.72. The Morgan fingerprint density at radius 1 is 1.00 bits per heavy atom. The van der Waals surface area contributed by atoms with E-state index in [0.29, 0.717) is 38.0 Å². The first-order valence-electron chi connectivity index (χ1n) is 10.4. The molecule has 31 heavy (non-hydrogen) atoms. The normalized spacial score (nSPS) is 16.7. The van der Waals surface area contributed by atoms with Crippen molar-refractivity contribution in [2.45, 2.75) is 37.1 Å². The van der Waals surface area contributed by atoms with Gasteiger partial charge in [-0.1, -0.05) is 25.1 Å². The predicted molar refractivity (Wildman–Crippen MR) is 119 cm³/mol. The molecule has 0 radical (unpaired) electrons. The number of para-hydroxylation sites is 1. The summed E-state index contributed by atoms with van der Waals surface area (Å²) in [6.07, 6.45) is 6.35. The van der Waals surface area contributed by atoms with Gasteiger partial charge in [-0.05, 0) is 25.0 Å². The van der Waals surface area contributed by atoms with Gasteiger partial charge in [-0.25, -0.2) is 21.8 Å². The molecule has 2 aromatic heterocycles. The van der Waals surface area contributed by atoms with Crippen LogP contribution in [0.25, 0.3) is 10.9 Å². The zero-order valence-corrected chi connectivity index (χ0v) is 19.0. The minimum atomic E-state index is -3.66. The van der Waals surface area contributed by atoms with E-state index in [1.165, 1.54) is 4.31 Å². The Morgan fingerprint density at radius 2 is 1.74 bits per heavy atom. The van der Waals surface area contributed by atoms with Gasteiger partial charge in [0.1, 0.15) is 10.7 Å². The first kappa shape index (κ1) is 21.9. The summed E-state index contributed by atoms with van der Waals surface area (Å²) in [5.74, 6) is 1.12. The molecule has 1 aliphatic rings. The molecule has 0 N–H and O–H groups in total. The number of imidazole rings is 1. The van der Waals surface area contributed by atoms with E-state index in [4.69, 9.17) is 0 Å². The van der Waals surface area contributed by atoms with Crippen LogP contribution >= 0.6 is 0 Å². The van der Waals surface area contributed by atoms with E-state index in [1.54, 1.807) is 43.7 Å². The second-order valence-corrected chi connectivity index (χ2v) is 12.1. The number of rotatable bonds is 7. The molecule has 0 amide bonds. The minimum Gasteiger partial charge on any atom is -0.334 e. The van der Waals surface area contributed by atoms with Gasteiger partial charge in [0.2, 0.25) is 10.0 Å². The van der Waals surface area contributed by atoms with Gasteiger partial charge in [-0.15, -0.1) is 0 Å². The maximum atomic E-state index is 13.3. The number of fused-ring (bicyclic) bond motifs is 1. The van der Waals surface area contributed by atoms with Gasteiger partial charge in [0.25, 0.3) is 0 Å². The van der Waals surface area contributed by atoms with Crippen LogP contribution < -0.4 is 0 Å². The maximum Gasteiger partial charge on any atom is 0.245 e. The molecule has 8 nitrogen and oxygen atoms in total. The van der Waals surface area contributed by atoms with E-state index in [-0.39, 0.29) is 22.3 Å². The van der Waals surface area contributed by atoms with Gasteiger partial charge in [-0.3, -0.25) is 4.98 Å². The molecule has 1 fully saturated rings. The van der Waals surface area contributed by atoms with E-state index in [9.17, 15) is 16.8 Å². The lowest BCUT2D eigenvalue weighted by Crippen LogP contribution is -2.38. The summed E-state index contributed by atoms with van der Waals surface area (Å²) in [6, 6.07) is 8.85. The lowest BCUT2D eigenvalue weighted by Gasteiger charge is -2.31. The maximum absolute atomic E-state index is 13.3. The summed E-state index contributed by atoms with van der Waals surface area (Å²) >= 11 is 0. The van der Waals surface area contributed by atoms with E-state index in [0.717, 1.165) is 11.2 Å². The molecular weight excluding hydrogens is 436 g/mol. The summed E-state index contributed by atoms with van der Waals surface area (Å²) in [6.45, 7) is 2.78. The lowest BCUT2D eigenvalue weighted by molar-refractivity contribution is 0.310. The molecule has 1 saturated heterocycles. The SMILES string of the molecule is CCS(=O)(=O)CCn1ccnc1C1CCN(S(=O)(=O)c2cccc3cccnc23)CC1. The van der Waals surface area contributed by atoms with E-state index >= 15 is 0 Å². The Kier molecular flexibility index (Phi) is 6.14. The average molecular weight is 463 g/mol. The van der Waals surface area contributed by atoms with Crippen LogP contribution in [-0.2, 0) is 26.4 Å². The highest BCUT2D eigenvalue weighted by molar-refractivity contribution is 7.91. The van der Waals surface area contributed by atoms with E-state index < -0.39 is 19.9 Å². The van der Waals surface area contributed by atoms with Crippen molar-refractivity contribution in [3.8, 4) is 0 Å². The third-order valence-corrected chi connectivity index (χ3v) is 9.48. The molecule has 0 saturated carbocycles. The Morgan fingerprint density at radius 3 is 2.48 bits per heavy atom. The smallest absolute Gasteiger partial charge is 0.245 e. The third kappa shape index (κ3) is 4.51. The lowest BCUT2D eigenvalue weighted by atomic mass is 9.97. The van der Waals surface area contributed by atoms with Crippen LogP contribution in [0.5, 0.6) is 0 Å². The molecule has 3 aromatic rings. The summed E-state index contributed by atoms with van der Waals surface area (Å²) in [4.78, 5) is 8.96. The quantitative estimate of drug-likeness (QED) is 0.534. The van der Waals surface area contributed by atoms with Crippen molar-refractivity contribution >= 4 is 30.8 Å². The zero-order valence-electron chi connectivity index (χ0n) is 17.4. The Labute approximate surface area is 182 Å². The number of sulfone groups is 1. The molecule has 0 spiro atoms. The standard InChI is InChI=1S/C21H26N4O4S2/c1-2-30(26,27)16-15-24-14-11-23-21(24)18-8-12-25(13-9-18)31(28,29)19-7-3-5-17-6-4-10-22-20(17)19/h3-7,10-11,14,18H,2,8-9,12-13,15-16H2,1H3. The molecule has 4 rings (SSSR count). The average Bonchev–Trinajstić information content (AvgIpc) is 3.26. The fourth-order valence-corrected chi connectivity index (χ4v) is 6.43. The van der Waals surface area contributed by atoms with Crippen LogP contribution in [0.3, 0.4) is 0 Å². The molecule has 166 valence electrons. The van der Waals surface area contributed by atoms with Gasteiger partial charge in [0, 0.05) is 55.3 Å². The number of hydrogen-bond donors (Lipinski definition) is 0. The molecule has 0 unspecified atom stereocenters. The van der Waals surface area contributed by atoms with Crippen LogP contribution in [-0.4, -0.2) is 60.3 Å². The predicted octanol–water partition coefficient (Wildman–Crippen LogP) is 2.43. The second-order valence-electron chi connectivity index (χ2n) is 7.72. The van der Waals surface area contributed by atoms with Crippen LogP contribution in [0.4, 0.5) is 0 Å². The van der Waals surface area contributed by atoms with Gasteiger partial charge in [0.15, 0.2) is 9.84 Å².